The summed E-state index contributed by atoms with van der Waals surface area (Å²) >= 11 is 8.29. The quantitative estimate of drug-likeness (QED) is 0.318. The number of thioether (sulfide) groups is 1. The first kappa shape index (κ1) is 26.0. The van der Waals surface area contributed by atoms with E-state index < -0.39 is 24.1 Å². The lowest BCUT2D eigenvalue weighted by Crippen LogP contribution is -2.23. The maximum absolute atomic E-state index is 13.1. The largest absolute Gasteiger partial charge is 0.435 e. The molecule has 182 valence electrons. The Labute approximate surface area is 202 Å². The molecule has 0 spiro atoms. The Morgan fingerprint density at radius 2 is 1.52 bits per heavy atom. The second-order valence-corrected chi connectivity index (χ2v) is 11.8. The van der Waals surface area contributed by atoms with E-state index in [0.717, 1.165) is 17.7 Å². The molecule has 0 aromatic heterocycles. The van der Waals surface area contributed by atoms with Crippen molar-refractivity contribution in [3.8, 4) is 11.5 Å². The molecule has 8 heteroatoms. The Balaban J connectivity index is 2.01. The van der Waals surface area contributed by atoms with Crippen molar-refractivity contribution in [1.29, 1.82) is 0 Å². The van der Waals surface area contributed by atoms with Crippen LogP contribution in [0.3, 0.4) is 0 Å². The maximum Gasteiger partial charge on any atom is 0.387 e. The highest BCUT2D eigenvalue weighted by Crippen LogP contribution is 2.44. The fourth-order valence-corrected chi connectivity index (χ4v) is 5.09. The van der Waals surface area contributed by atoms with Crippen molar-refractivity contribution in [3.05, 3.63) is 52.0 Å². The molecule has 0 bridgehead atoms. The van der Waals surface area contributed by atoms with Crippen LogP contribution < -0.4 is 9.47 Å². The molecule has 2 aromatic rings. The van der Waals surface area contributed by atoms with Crippen molar-refractivity contribution in [1.82, 2.24) is 0 Å². The fraction of sp³-hybridized carbons (Fsp3) is 0.520. The monoisotopic (exact) mass is 504 g/mol. The lowest BCUT2D eigenvalue weighted by molar-refractivity contribution is -0.0514. The van der Waals surface area contributed by atoms with Gasteiger partial charge in [-0.3, -0.25) is 0 Å². The van der Waals surface area contributed by atoms with Crippen LogP contribution in [-0.2, 0) is 17.3 Å². The fourth-order valence-electron chi connectivity index (χ4n) is 3.77. The highest BCUT2D eigenvalue weighted by atomic mass is 35.5. The van der Waals surface area contributed by atoms with Gasteiger partial charge in [0.25, 0.3) is 0 Å². The minimum atomic E-state index is -2.98. The van der Waals surface area contributed by atoms with E-state index in [-0.39, 0.29) is 11.5 Å². The van der Waals surface area contributed by atoms with Crippen LogP contribution in [0.25, 0.3) is 0 Å². The number of rotatable bonds is 9. The van der Waals surface area contributed by atoms with Crippen LogP contribution in [0.5, 0.6) is 11.5 Å². The average Bonchev–Trinajstić information content (AvgIpc) is 3.47. The van der Waals surface area contributed by atoms with E-state index in [4.69, 9.17) is 21.1 Å². The second kappa shape index (κ2) is 9.95. The summed E-state index contributed by atoms with van der Waals surface area (Å²) in [5.74, 6) is 0.163. The van der Waals surface area contributed by atoms with Gasteiger partial charge in [-0.2, -0.15) is 17.6 Å². The molecule has 0 atom stereocenters. The predicted molar refractivity (Wildman–Crippen MR) is 125 cm³/mol. The second-order valence-electron chi connectivity index (χ2n) is 9.98. The lowest BCUT2D eigenvalue weighted by Gasteiger charge is -2.30. The topological polar surface area (TPSA) is 18.5 Å². The minimum absolute atomic E-state index is 0.0646. The Morgan fingerprint density at radius 3 is 2.06 bits per heavy atom. The lowest BCUT2D eigenvalue weighted by atomic mass is 9.77. The Bertz CT molecular complexity index is 985. The Kier molecular flexibility index (Phi) is 7.84. The predicted octanol–water partition coefficient (Wildman–Crippen LogP) is 8.62. The van der Waals surface area contributed by atoms with Crippen LogP contribution in [0.4, 0.5) is 17.6 Å². The van der Waals surface area contributed by atoms with Gasteiger partial charge in [0.2, 0.25) is 0 Å². The summed E-state index contributed by atoms with van der Waals surface area (Å²) in [4.78, 5) is 0.984. The summed E-state index contributed by atoms with van der Waals surface area (Å²) in [6.07, 6.45) is 2.59. The van der Waals surface area contributed by atoms with Gasteiger partial charge in [-0.05, 0) is 66.0 Å². The summed E-state index contributed by atoms with van der Waals surface area (Å²) < 4.78 is 62.0. The van der Waals surface area contributed by atoms with Gasteiger partial charge in [-0.15, -0.1) is 11.8 Å². The molecule has 0 radical (unpaired) electrons. The zero-order valence-electron chi connectivity index (χ0n) is 19.4. The van der Waals surface area contributed by atoms with Crippen molar-refractivity contribution in [3.63, 3.8) is 0 Å². The molecule has 1 aliphatic rings. The average molecular weight is 505 g/mol. The standard InChI is InChI=1S/C25H29ClF4O2S/c1-24(2,3)17-12-19(26)14(10-21(17)32-23(29)30)13-25(4,5)18-11-16(33-15-6-7-15)8-9-20(18)31-22(27)28/h8-12,15,22-23H,6-7,13H2,1-5H3. The zero-order valence-corrected chi connectivity index (χ0v) is 20.9. The van der Waals surface area contributed by atoms with Crippen LogP contribution in [0, 0.1) is 0 Å². The number of halogens is 5. The van der Waals surface area contributed by atoms with E-state index >= 15 is 0 Å². The highest BCUT2D eigenvalue weighted by Gasteiger charge is 2.31. The zero-order chi connectivity index (χ0) is 24.6. The van der Waals surface area contributed by atoms with E-state index in [1.807, 2.05) is 40.7 Å². The maximum atomic E-state index is 13.1. The molecule has 2 nitrogen and oxygen atoms in total. The van der Waals surface area contributed by atoms with Crippen molar-refractivity contribution >= 4 is 23.4 Å². The number of hydrogen-bond donors (Lipinski definition) is 0. The molecule has 0 amide bonds. The molecule has 3 rings (SSSR count). The van der Waals surface area contributed by atoms with Crippen molar-refractivity contribution in [2.75, 3.05) is 0 Å². The molecule has 0 saturated heterocycles. The molecule has 33 heavy (non-hydrogen) atoms. The van der Waals surface area contributed by atoms with Crippen molar-refractivity contribution in [2.45, 2.75) is 88.1 Å². The smallest absolute Gasteiger partial charge is 0.387 e. The van der Waals surface area contributed by atoms with E-state index in [9.17, 15) is 17.6 Å². The van der Waals surface area contributed by atoms with Crippen LogP contribution in [0.15, 0.2) is 35.2 Å². The summed E-state index contributed by atoms with van der Waals surface area (Å²) in [6, 6.07) is 8.44. The van der Waals surface area contributed by atoms with E-state index in [1.165, 1.54) is 6.07 Å². The SMILES string of the molecule is CC(C)(C)c1cc(Cl)c(CC(C)(C)c2cc(SC3CC3)ccc2OC(F)F)cc1OC(F)F. The van der Waals surface area contributed by atoms with Gasteiger partial charge in [0.1, 0.15) is 11.5 Å². The third kappa shape index (κ3) is 6.95. The molecule has 1 fully saturated rings. The summed E-state index contributed by atoms with van der Waals surface area (Å²) in [5.41, 5.74) is 0.627. The third-order valence-corrected chi connectivity index (χ3v) is 7.21. The van der Waals surface area contributed by atoms with E-state index in [2.05, 4.69) is 0 Å². The van der Waals surface area contributed by atoms with Gasteiger partial charge in [-0.1, -0.05) is 46.2 Å². The summed E-state index contributed by atoms with van der Waals surface area (Å²) in [6.45, 7) is 3.52. The first-order valence-corrected chi connectivity index (χ1v) is 12.1. The molecule has 0 aliphatic heterocycles. The van der Waals surface area contributed by atoms with Crippen molar-refractivity contribution < 1.29 is 27.0 Å². The van der Waals surface area contributed by atoms with Gasteiger partial charge in [0.05, 0.1) is 0 Å². The molecule has 0 unspecified atom stereocenters. The molecule has 1 aliphatic carbocycles. The van der Waals surface area contributed by atoms with Gasteiger partial charge >= 0.3 is 13.2 Å². The molecular formula is C25H29ClF4O2S. The molecule has 0 heterocycles. The third-order valence-electron chi connectivity index (χ3n) is 5.53. The van der Waals surface area contributed by atoms with E-state index in [1.54, 1.807) is 30.0 Å². The molecule has 1 saturated carbocycles. The Morgan fingerprint density at radius 1 is 0.909 bits per heavy atom. The minimum Gasteiger partial charge on any atom is -0.435 e. The highest BCUT2D eigenvalue weighted by molar-refractivity contribution is 8.00. The summed E-state index contributed by atoms with van der Waals surface area (Å²) in [5, 5.41) is 0.964. The van der Waals surface area contributed by atoms with E-state index in [0.29, 0.717) is 33.4 Å². The normalized spacial score (nSPS) is 14.8. The number of alkyl halides is 4. The number of benzene rings is 2. The van der Waals surface area contributed by atoms with Crippen LogP contribution >= 0.6 is 23.4 Å². The van der Waals surface area contributed by atoms with Crippen molar-refractivity contribution in [2.24, 2.45) is 0 Å². The van der Waals surface area contributed by atoms with Crippen LogP contribution in [0.2, 0.25) is 5.02 Å². The Hall–Kier alpha value is -1.60. The molecule has 2 aromatic carbocycles. The molecular weight excluding hydrogens is 476 g/mol. The van der Waals surface area contributed by atoms with Gasteiger partial charge in [0.15, 0.2) is 0 Å². The van der Waals surface area contributed by atoms with Gasteiger partial charge < -0.3 is 9.47 Å². The van der Waals surface area contributed by atoms with Crippen LogP contribution in [0.1, 0.15) is 64.2 Å². The van der Waals surface area contributed by atoms with Crippen LogP contribution in [-0.4, -0.2) is 18.5 Å². The van der Waals surface area contributed by atoms with Gasteiger partial charge in [-0.25, -0.2) is 0 Å². The molecule has 0 N–H and O–H groups in total. The number of hydrogen-bond acceptors (Lipinski definition) is 3. The van der Waals surface area contributed by atoms with Gasteiger partial charge in [0, 0.05) is 26.3 Å². The first-order valence-electron chi connectivity index (χ1n) is 10.8. The summed E-state index contributed by atoms with van der Waals surface area (Å²) in [7, 11) is 0. The first-order chi connectivity index (χ1) is 15.3. The number of ether oxygens (including phenoxy) is 2.